The van der Waals surface area contributed by atoms with Gasteiger partial charge in [-0.25, -0.2) is 23.1 Å². The van der Waals surface area contributed by atoms with E-state index in [1.54, 1.807) is 30.3 Å². The monoisotopic (exact) mass is 544 g/mol. The van der Waals surface area contributed by atoms with Crippen molar-refractivity contribution < 1.29 is 46.1 Å². The number of para-hydroxylation sites is 1. The number of nitrogens with zero attached hydrogens (tertiary/aromatic N) is 2. The lowest BCUT2D eigenvalue weighted by Crippen LogP contribution is -2.15. The van der Waals surface area contributed by atoms with Crippen molar-refractivity contribution in [1.29, 1.82) is 0 Å². The molecule has 0 aliphatic heterocycles. The second-order valence-electron chi connectivity index (χ2n) is 7.92. The van der Waals surface area contributed by atoms with Gasteiger partial charge in [-0.05, 0) is 30.3 Å². The summed E-state index contributed by atoms with van der Waals surface area (Å²) < 4.78 is 76.9. The van der Waals surface area contributed by atoms with Crippen LogP contribution in [0.25, 0.3) is 16.9 Å². The van der Waals surface area contributed by atoms with Crippen molar-refractivity contribution in [3.63, 3.8) is 0 Å². The maximum atomic E-state index is 14.1. The highest BCUT2D eigenvalue weighted by Crippen LogP contribution is 2.34. The van der Waals surface area contributed by atoms with Gasteiger partial charge in [0.25, 0.3) is 0 Å². The fourth-order valence-electron chi connectivity index (χ4n) is 3.82. The van der Waals surface area contributed by atoms with Gasteiger partial charge in [-0.2, -0.15) is 13.9 Å². The van der Waals surface area contributed by atoms with Crippen LogP contribution in [0.15, 0.2) is 54.6 Å². The molecule has 0 saturated carbocycles. The predicted molar refractivity (Wildman–Crippen MR) is 129 cm³/mol. The number of carbonyl (C=O) groups is 2. The number of hydrogen-bond acceptors (Lipinski definition) is 7. The van der Waals surface area contributed by atoms with E-state index < -0.39 is 47.6 Å². The van der Waals surface area contributed by atoms with Crippen molar-refractivity contribution in [2.75, 3.05) is 21.3 Å². The van der Waals surface area contributed by atoms with Gasteiger partial charge in [0, 0.05) is 17.2 Å². The fraction of sp³-hybridized carbons (Fsp3) is 0.148. The molecule has 0 bridgehead atoms. The largest absolute Gasteiger partial charge is 0.496 e. The minimum Gasteiger partial charge on any atom is -0.496 e. The van der Waals surface area contributed by atoms with Crippen LogP contribution in [0.2, 0.25) is 0 Å². The highest BCUT2D eigenvalue weighted by molar-refractivity contribution is 6.06. The number of aromatic nitrogens is 2. The molecule has 39 heavy (non-hydrogen) atoms. The van der Waals surface area contributed by atoms with E-state index in [0.29, 0.717) is 5.69 Å². The molecule has 4 rings (SSSR count). The molecule has 1 aromatic heterocycles. The van der Waals surface area contributed by atoms with Crippen LogP contribution in [-0.2, 0) is 16.1 Å². The number of hydrogen-bond donors (Lipinski definition) is 0. The van der Waals surface area contributed by atoms with Crippen LogP contribution in [0, 0.1) is 23.3 Å². The first-order valence-corrected chi connectivity index (χ1v) is 11.2. The van der Waals surface area contributed by atoms with Gasteiger partial charge in [0.05, 0.1) is 27.0 Å². The molecule has 0 fully saturated rings. The van der Waals surface area contributed by atoms with E-state index in [0.717, 1.165) is 14.2 Å². The SMILES string of the molecule is COC(=O)c1c(-c2ccc(OC)c(COc3c(F)c(F)cc(F)c3F)c2)nn(-c2ccccc2)c1C(=O)OC. The summed E-state index contributed by atoms with van der Waals surface area (Å²) in [6.07, 6.45) is 0. The van der Waals surface area contributed by atoms with Crippen molar-refractivity contribution in [3.8, 4) is 28.4 Å². The molecule has 0 radical (unpaired) electrons. The Morgan fingerprint density at radius 1 is 0.846 bits per heavy atom. The molecule has 12 heteroatoms. The second-order valence-corrected chi connectivity index (χ2v) is 7.92. The van der Waals surface area contributed by atoms with Gasteiger partial charge in [0.15, 0.2) is 23.1 Å². The Bertz CT molecular complexity index is 1530. The van der Waals surface area contributed by atoms with Gasteiger partial charge >= 0.3 is 11.9 Å². The molecule has 0 spiro atoms. The van der Waals surface area contributed by atoms with Crippen LogP contribution in [0.5, 0.6) is 11.5 Å². The molecule has 0 aliphatic carbocycles. The molecule has 0 unspecified atom stereocenters. The maximum absolute atomic E-state index is 14.1. The zero-order chi connectivity index (χ0) is 28.3. The Hall–Kier alpha value is -4.87. The highest BCUT2D eigenvalue weighted by atomic mass is 19.2. The summed E-state index contributed by atoms with van der Waals surface area (Å²) in [7, 11) is 3.59. The third-order valence-electron chi connectivity index (χ3n) is 5.65. The fourth-order valence-corrected chi connectivity index (χ4v) is 3.82. The molecule has 8 nitrogen and oxygen atoms in total. The molecule has 0 aliphatic rings. The quantitative estimate of drug-likeness (QED) is 0.170. The summed E-state index contributed by atoms with van der Waals surface area (Å²) in [4.78, 5) is 25.6. The van der Waals surface area contributed by atoms with Gasteiger partial charge < -0.3 is 18.9 Å². The molecule has 0 amide bonds. The Labute approximate surface area is 219 Å². The summed E-state index contributed by atoms with van der Waals surface area (Å²) >= 11 is 0. The molecule has 0 N–H and O–H groups in total. The van der Waals surface area contributed by atoms with E-state index in [1.165, 1.54) is 30.0 Å². The average Bonchev–Trinajstić information content (AvgIpc) is 3.36. The predicted octanol–water partition coefficient (Wildman–Crippen LogP) is 5.26. The Kier molecular flexibility index (Phi) is 7.84. The Morgan fingerprint density at radius 2 is 1.49 bits per heavy atom. The number of carbonyl (C=O) groups excluding carboxylic acids is 2. The van der Waals surface area contributed by atoms with Crippen LogP contribution in [0.3, 0.4) is 0 Å². The molecule has 1 heterocycles. The lowest BCUT2D eigenvalue weighted by Gasteiger charge is -2.13. The van der Waals surface area contributed by atoms with Crippen molar-refractivity contribution in [3.05, 3.63) is 94.7 Å². The molecule has 202 valence electrons. The third-order valence-corrected chi connectivity index (χ3v) is 5.65. The van der Waals surface area contributed by atoms with E-state index in [2.05, 4.69) is 5.10 Å². The van der Waals surface area contributed by atoms with E-state index >= 15 is 0 Å². The smallest absolute Gasteiger partial charge is 0.357 e. The minimum atomic E-state index is -1.71. The average molecular weight is 544 g/mol. The number of methoxy groups -OCH3 is 3. The zero-order valence-corrected chi connectivity index (χ0v) is 20.8. The van der Waals surface area contributed by atoms with E-state index in [9.17, 15) is 27.2 Å². The first kappa shape index (κ1) is 27.2. The van der Waals surface area contributed by atoms with E-state index in [4.69, 9.17) is 18.9 Å². The number of halogens is 4. The van der Waals surface area contributed by atoms with Gasteiger partial charge in [-0.1, -0.05) is 18.2 Å². The summed E-state index contributed by atoms with van der Waals surface area (Å²) in [6.45, 7) is -0.593. The van der Waals surface area contributed by atoms with Crippen LogP contribution in [0.4, 0.5) is 17.6 Å². The number of benzene rings is 3. The van der Waals surface area contributed by atoms with Crippen molar-refractivity contribution in [1.82, 2.24) is 9.78 Å². The van der Waals surface area contributed by atoms with Crippen LogP contribution < -0.4 is 9.47 Å². The van der Waals surface area contributed by atoms with E-state index in [1.807, 2.05) is 0 Å². The van der Waals surface area contributed by atoms with Crippen molar-refractivity contribution >= 4 is 11.9 Å². The second kappa shape index (κ2) is 11.3. The lowest BCUT2D eigenvalue weighted by molar-refractivity contribution is 0.0549. The van der Waals surface area contributed by atoms with Crippen molar-refractivity contribution in [2.24, 2.45) is 0 Å². The van der Waals surface area contributed by atoms with Crippen molar-refractivity contribution in [2.45, 2.75) is 6.61 Å². The molecule has 4 aromatic rings. The van der Waals surface area contributed by atoms with Crippen LogP contribution in [0.1, 0.15) is 26.4 Å². The van der Waals surface area contributed by atoms with Gasteiger partial charge in [0.1, 0.15) is 23.6 Å². The number of rotatable bonds is 8. The summed E-state index contributed by atoms with van der Waals surface area (Å²) in [6, 6.07) is 12.9. The van der Waals surface area contributed by atoms with Crippen LogP contribution >= 0.6 is 0 Å². The lowest BCUT2D eigenvalue weighted by atomic mass is 10.0. The van der Waals surface area contributed by atoms with Gasteiger partial charge in [-0.15, -0.1) is 0 Å². The summed E-state index contributed by atoms with van der Waals surface area (Å²) in [5, 5.41) is 4.47. The molecule has 0 atom stereocenters. The summed E-state index contributed by atoms with van der Waals surface area (Å²) in [5.74, 6) is -9.50. The zero-order valence-electron chi connectivity index (χ0n) is 20.8. The first-order valence-electron chi connectivity index (χ1n) is 11.2. The molecule has 0 saturated heterocycles. The minimum absolute atomic E-state index is 0.00386. The topological polar surface area (TPSA) is 88.9 Å². The standard InChI is InChI=1S/C27H20F4N2O6/c1-36-19-10-9-14(11-15(19)13-39-25-21(30)17(28)12-18(29)22(25)31)23-20(26(34)37-2)24(27(35)38-3)33(32-23)16-7-5-4-6-8-16/h4-12H,13H2,1-3H3. The van der Waals surface area contributed by atoms with Gasteiger partial charge in [0.2, 0.25) is 11.6 Å². The Balaban J connectivity index is 1.86. The summed E-state index contributed by atoms with van der Waals surface area (Å²) in [5.41, 5.74) is 0.437. The molecular formula is C27H20F4N2O6. The third kappa shape index (κ3) is 5.13. The number of ether oxygens (including phenoxy) is 4. The normalized spacial score (nSPS) is 10.7. The highest BCUT2D eigenvalue weighted by Gasteiger charge is 2.31. The Morgan fingerprint density at radius 3 is 2.08 bits per heavy atom. The first-order chi connectivity index (χ1) is 18.7. The van der Waals surface area contributed by atoms with Crippen LogP contribution in [-0.4, -0.2) is 43.0 Å². The molecular weight excluding hydrogens is 524 g/mol. The van der Waals surface area contributed by atoms with E-state index in [-0.39, 0.29) is 39.9 Å². The molecule has 3 aromatic carbocycles. The maximum Gasteiger partial charge on any atom is 0.357 e. The number of esters is 2. The van der Waals surface area contributed by atoms with Gasteiger partial charge in [-0.3, -0.25) is 0 Å².